The van der Waals surface area contributed by atoms with E-state index in [1.54, 1.807) is 6.20 Å². The monoisotopic (exact) mass is 387 g/mol. The first kappa shape index (κ1) is 18.3. The van der Waals surface area contributed by atoms with E-state index in [1.165, 1.54) is 24.8 Å². The molecule has 2 aliphatic rings. The van der Waals surface area contributed by atoms with Crippen molar-refractivity contribution >= 4 is 15.7 Å². The summed E-state index contributed by atoms with van der Waals surface area (Å²) in [5, 5.41) is -0.0767. The van der Waals surface area contributed by atoms with Crippen LogP contribution in [0.15, 0.2) is 29.7 Å². The smallest absolute Gasteiger partial charge is 0.246 e. The standard InChI is InChI=1S/C19H25N5O2S/c1-27(25,26)19-21-12-16-14-23(10-7-17(16)22-19)13-15-5-6-18(20-11-15)24-8-3-2-4-9-24/h5-6,11-12H,2-4,7-10,13-14H2,1H3. The molecule has 8 heteroatoms. The third-order valence-corrected chi connectivity index (χ3v) is 6.08. The fourth-order valence-corrected chi connectivity index (χ4v) is 4.27. The first-order valence-corrected chi connectivity index (χ1v) is 11.4. The molecule has 0 atom stereocenters. The first-order chi connectivity index (χ1) is 13.0. The summed E-state index contributed by atoms with van der Waals surface area (Å²) in [7, 11) is -3.36. The first-order valence-electron chi connectivity index (χ1n) is 9.46. The molecule has 4 heterocycles. The largest absolute Gasteiger partial charge is 0.357 e. The van der Waals surface area contributed by atoms with Gasteiger partial charge in [0.05, 0.1) is 5.69 Å². The minimum Gasteiger partial charge on any atom is -0.357 e. The van der Waals surface area contributed by atoms with Crippen molar-refractivity contribution < 1.29 is 8.42 Å². The zero-order chi connectivity index (χ0) is 18.9. The van der Waals surface area contributed by atoms with Gasteiger partial charge in [-0.05, 0) is 30.9 Å². The SMILES string of the molecule is CS(=O)(=O)c1ncc2c(n1)CCN(Cc1ccc(N3CCCCC3)nc1)C2. The zero-order valence-electron chi connectivity index (χ0n) is 15.6. The van der Waals surface area contributed by atoms with Gasteiger partial charge in [-0.3, -0.25) is 4.90 Å². The quantitative estimate of drug-likeness (QED) is 0.741. The Kier molecular flexibility index (Phi) is 5.10. The number of rotatable bonds is 4. The second-order valence-corrected chi connectivity index (χ2v) is 9.34. The highest BCUT2D eigenvalue weighted by Crippen LogP contribution is 2.21. The summed E-state index contributed by atoms with van der Waals surface area (Å²) in [4.78, 5) is 17.6. The Balaban J connectivity index is 1.41. The van der Waals surface area contributed by atoms with Gasteiger partial charge in [-0.2, -0.15) is 0 Å². The topological polar surface area (TPSA) is 79.3 Å². The fourth-order valence-electron chi connectivity index (χ4n) is 3.75. The van der Waals surface area contributed by atoms with E-state index in [0.29, 0.717) is 0 Å². The Bertz CT molecular complexity index is 908. The molecule has 2 aliphatic heterocycles. The molecule has 0 aliphatic carbocycles. The van der Waals surface area contributed by atoms with Crippen LogP contribution in [-0.4, -0.2) is 54.2 Å². The summed E-state index contributed by atoms with van der Waals surface area (Å²) >= 11 is 0. The van der Waals surface area contributed by atoms with Crippen LogP contribution in [0.2, 0.25) is 0 Å². The van der Waals surface area contributed by atoms with Gasteiger partial charge in [-0.15, -0.1) is 0 Å². The molecule has 0 spiro atoms. The Morgan fingerprint density at radius 3 is 2.56 bits per heavy atom. The number of pyridine rings is 1. The lowest BCUT2D eigenvalue weighted by Crippen LogP contribution is -2.32. The summed E-state index contributed by atoms with van der Waals surface area (Å²) in [5.74, 6) is 1.07. The summed E-state index contributed by atoms with van der Waals surface area (Å²) in [6, 6.07) is 4.29. The molecular weight excluding hydrogens is 362 g/mol. The average Bonchev–Trinajstić information content (AvgIpc) is 2.68. The molecule has 1 fully saturated rings. The van der Waals surface area contributed by atoms with Crippen molar-refractivity contribution in [2.75, 3.05) is 30.8 Å². The highest BCUT2D eigenvalue weighted by Gasteiger charge is 2.21. The van der Waals surface area contributed by atoms with Gasteiger partial charge in [0.15, 0.2) is 0 Å². The molecular formula is C19H25N5O2S. The molecule has 27 heavy (non-hydrogen) atoms. The van der Waals surface area contributed by atoms with Gasteiger partial charge >= 0.3 is 0 Å². The van der Waals surface area contributed by atoms with Crippen molar-refractivity contribution in [2.45, 2.75) is 43.9 Å². The molecule has 0 N–H and O–H groups in total. The van der Waals surface area contributed by atoms with E-state index in [2.05, 4.69) is 36.9 Å². The van der Waals surface area contributed by atoms with Crippen LogP contribution in [-0.2, 0) is 29.3 Å². The Morgan fingerprint density at radius 2 is 1.85 bits per heavy atom. The molecule has 2 aromatic heterocycles. The molecule has 0 radical (unpaired) electrons. The molecule has 0 aromatic carbocycles. The number of sulfone groups is 1. The lowest BCUT2D eigenvalue weighted by molar-refractivity contribution is 0.242. The normalized spacial score (nSPS) is 18.3. The second kappa shape index (κ2) is 7.52. The van der Waals surface area contributed by atoms with Gasteiger partial charge in [0.1, 0.15) is 5.82 Å². The molecule has 144 valence electrons. The van der Waals surface area contributed by atoms with Gasteiger partial charge in [0.2, 0.25) is 15.0 Å². The highest BCUT2D eigenvalue weighted by atomic mass is 32.2. The predicted octanol–water partition coefficient (Wildman–Crippen LogP) is 1.82. The van der Waals surface area contributed by atoms with Crippen molar-refractivity contribution in [3.05, 3.63) is 41.3 Å². The molecule has 0 saturated carbocycles. The van der Waals surface area contributed by atoms with Crippen LogP contribution in [0.5, 0.6) is 0 Å². The van der Waals surface area contributed by atoms with Crippen LogP contribution in [0, 0.1) is 0 Å². The Hall–Kier alpha value is -2.06. The summed E-state index contributed by atoms with van der Waals surface area (Å²) in [6.45, 7) is 4.60. The van der Waals surface area contributed by atoms with Crippen molar-refractivity contribution in [2.24, 2.45) is 0 Å². The molecule has 0 amide bonds. The number of aromatic nitrogens is 3. The third kappa shape index (κ3) is 4.27. The van der Waals surface area contributed by atoms with E-state index >= 15 is 0 Å². The van der Waals surface area contributed by atoms with Crippen LogP contribution in [0.1, 0.15) is 36.1 Å². The zero-order valence-corrected chi connectivity index (χ0v) is 16.5. The lowest BCUT2D eigenvalue weighted by atomic mass is 10.1. The van der Waals surface area contributed by atoms with Gasteiger partial charge in [0, 0.05) is 63.4 Å². The summed E-state index contributed by atoms with van der Waals surface area (Å²) < 4.78 is 23.2. The minimum atomic E-state index is -3.36. The highest BCUT2D eigenvalue weighted by molar-refractivity contribution is 7.90. The maximum atomic E-state index is 11.6. The van der Waals surface area contributed by atoms with E-state index in [4.69, 9.17) is 0 Å². The van der Waals surface area contributed by atoms with E-state index < -0.39 is 9.84 Å². The summed E-state index contributed by atoms with van der Waals surface area (Å²) in [5.41, 5.74) is 3.04. The van der Waals surface area contributed by atoms with Crippen LogP contribution < -0.4 is 4.90 Å². The number of piperidine rings is 1. The van der Waals surface area contributed by atoms with Gasteiger partial charge in [0.25, 0.3) is 0 Å². The average molecular weight is 388 g/mol. The Labute approximate surface area is 160 Å². The molecule has 2 aromatic rings. The van der Waals surface area contributed by atoms with Crippen molar-refractivity contribution in [1.29, 1.82) is 0 Å². The molecule has 0 unspecified atom stereocenters. The molecule has 4 rings (SSSR count). The van der Waals surface area contributed by atoms with Crippen LogP contribution >= 0.6 is 0 Å². The summed E-state index contributed by atoms with van der Waals surface area (Å²) in [6.07, 6.45) is 9.33. The van der Waals surface area contributed by atoms with Gasteiger partial charge in [-0.25, -0.2) is 23.4 Å². The Morgan fingerprint density at radius 1 is 1.04 bits per heavy atom. The van der Waals surface area contributed by atoms with Crippen LogP contribution in [0.4, 0.5) is 5.82 Å². The minimum absolute atomic E-state index is 0.0767. The number of hydrogen-bond donors (Lipinski definition) is 0. The number of nitrogens with zero attached hydrogens (tertiary/aromatic N) is 5. The van der Waals surface area contributed by atoms with E-state index in [0.717, 1.165) is 62.5 Å². The molecule has 7 nitrogen and oxygen atoms in total. The predicted molar refractivity (Wildman–Crippen MR) is 103 cm³/mol. The van der Waals surface area contributed by atoms with Crippen molar-refractivity contribution in [3.63, 3.8) is 0 Å². The van der Waals surface area contributed by atoms with Gasteiger partial charge in [-0.1, -0.05) is 6.07 Å². The number of fused-ring (bicyclic) bond motifs is 1. The van der Waals surface area contributed by atoms with Crippen LogP contribution in [0.25, 0.3) is 0 Å². The van der Waals surface area contributed by atoms with Crippen LogP contribution in [0.3, 0.4) is 0 Å². The van der Waals surface area contributed by atoms with E-state index in [1.807, 2.05) is 6.20 Å². The van der Waals surface area contributed by atoms with E-state index in [-0.39, 0.29) is 5.16 Å². The lowest BCUT2D eigenvalue weighted by Gasteiger charge is -2.29. The van der Waals surface area contributed by atoms with Gasteiger partial charge < -0.3 is 4.90 Å². The molecule has 1 saturated heterocycles. The molecule has 0 bridgehead atoms. The maximum absolute atomic E-state index is 11.6. The van der Waals surface area contributed by atoms with E-state index in [9.17, 15) is 8.42 Å². The fraction of sp³-hybridized carbons (Fsp3) is 0.526. The van der Waals surface area contributed by atoms with Crippen molar-refractivity contribution in [3.8, 4) is 0 Å². The second-order valence-electron chi connectivity index (χ2n) is 7.43. The number of hydrogen-bond acceptors (Lipinski definition) is 7. The van der Waals surface area contributed by atoms with Crippen molar-refractivity contribution in [1.82, 2.24) is 19.9 Å². The number of anilines is 1. The third-order valence-electron chi connectivity index (χ3n) is 5.22. The maximum Gasteiger partial charge on any atom is 0.246 e.